The summed E-state index contributed by atoms with van der Waals surface area (Å²) in [5.74, 6) is 0.968. The Hall–Kier alpha value is -3.28. The molecule has 0 unspecified atom stereocenters. The van der Waals surface area contributed by atoms with Gasteiger partial charge in [-0.3, -0.25) is 14.4 Å². The number of benzene rings is 2. The van der Waals surface area contributed by atoms with E-state index in [0.29, 0.717) is 33.8 Å². The molecule has 0 amide bonds. The predicted molar refractivity (Wildman–Crippen MR) is 96.7 cm³/mol. The number of nitrogens with zero attached hydrogens (tertiary/aromatic N) is 2. The lowest BCUT2D eigenvalue weighted by Gasteiger charge is -2.07. The molecule has 0 radical (unpaired) electrons. The molecule has 0 aliphatic rings. The molecule has 0 bridgehead atoms. The summed E-state index contributed by atoms with van der Waals surface area (Å²) in [7, 11) is 3.11. The molecule has 25 heavy (non-hydrogen) atoms. The highest BCUT2D eigenvalue weighted by Gasteiger charge is 2.17. The van der Waals surface area contributed by atoms with Crippen molar-refractivity contribution < 1.29 is 19.4 Å². The van der Waals surface area contributed by atoms with Crippen LogP contribution in [0.15, 0.2) is 47.5 Å². The highest BCUT2D eigenvalue weighted by atomic mass is 16.5. The lowest BCUT2D eigenvalue weighted by atomic mass is 10.2. The number of ether oxygens (including phenoxy) is 2. The van der Waals surface area contributed by atoms with Crippen molar-refractivity contribution in [1.29, 1.82) is 0 Å². The maximum atomic E-state index is 12.0. The Morgan fingerprint density at radius 3 is 2.52 bits per heavy atom. The molecule has 0 aliphatic heterocycles. The minimum absolute atomic E-state index is 0.0232. The highest BCUT2D eigenvalue weighted by Crippen LogP contribution is 2.33. The van der Waals surface area contributed by atoms with Gasteiger partial charge in [-0.15, -0.1) is 0 Å². The minimum atomic E-state index is -0.203. The van der Waals surface area contributed by atoms with Crippen LogP contribution < -0.4 is 9.47 Å². The van der Waals surface area contributed by atoms with E-state index in [4.69, 9.17) is 9.47 Å². The second kappa shape index (κ2) is 6.68. The Morgan fingerprint density at radius 1 is 1.12 bits per heavy atom. The Labute approximate surface area is 144 Å². The normalized spacial score (nSPS) is 11.2. The van der Waals surface area contributed by atoms with Crippen molar-refractivity contribution in [3.05, 3.63) is 48.2 Å². The van der Waals surface area contributed by atoms with Crippen molar-refractivity contribution in [2.24, 2.45) is 4.99 Å². The molecule has 0 aliphatic carbocycles. The number of para-hydroxylation sites is 1. The van der Waals surface area contributed by atoms with Crippen LogP contribution in [0.5, 0.6) is 17.2 Å². The quantitative estimate of drug-likeness (QED) is 0.735. The van der Waals surface area contributed by atoms with E-state index < -0.39 is 0 Å². The summed E-state index contributed by atoms with van der Waals surface area (Å²) in [5, 5.41) is 11.1. The molecule has 0 spiro atoms. The van der Waals surface area contributed by atoms with Gasteiger partial charge in [0, 0.05) is 18.4 Å². The van der Waals surface area contributed by atoms with E-state index in [1.807, 2.05) is 12.1 Å². The van der Waals surface area contributed by atoms with E-state index in [9.17, 15) is 9.90 Å². The SMILES string of the molecule is COc1ccc(N=Cc2c(O)c3ccccc3n2C(C)=O)cc1OC. The maximum Gasteiger partial charge on any atom is 0.228 e. The van der Waals surface area contributed by atoms with Crippen molar-refractivity contribution >= 4 is 28.7 Å². The third-order valence-electron chi connectivity index (χ3n) is 3.90. The number of methoxy groups -OCH3 is 2. The Balaban J connectivity index is 2.09. The first-order valence-corrected chi connectivity index (χ1v) is 7.66. The average molecular weight is 338 g/mol. The summed E-state index contributed by atoms with van der Waals surface area (Å²) in [5.41, 5.74) is 1.59. The van der Waals surface area contributed by atoms with Crippen LogP contribution in [0.3, 0.4) is 0 Å². The molecule has 1 heterocycles. The van der Waals surface area contributed by atoms with Gasteiger partial charge >= 0.3 is 0 Å². The molecule has 0 saturated carbocycles. The Bertz CT molecular complexity index is 973. The molecule has 0 saturated heterocycles. The maximum absolute atomic E-state index is 12.0. The first-order valence-electron chi connectivity index (χ1n) is 7.66. The zero-order chi connectivity index (χ0) is 18.0. The second-order valence-electron chi connectivity index (χ2n) is 5.40. The summed E-state index contributed by atoms with van der Waals surface area (Å²) in [6.45, 7) is 1.44. The molecular weight excluding hydrogens is 320 g/mol. The number of fused-ring (bicyclic) bond motifs is 1. The van der Waals surface area contributed by atoms with Gasteiger partial charge in [-0.25, -0.2) is 0 Å². The van der Waals surface area contributed by atoms with Gasteiger partial charge in [-0.2, -0.15) is 0 Å². The van der Waals surface area contributed by atoms with Crippen molar-refractivity contribution in [3.63, 3.8) is 0 Å². The summed E-state index contributed by atoms with van der Waals surface area (Å²) in [4.78, 5) is 16.4. The molecule has 2 aromatic carbocycles. The van der Waals surface area contributed by atoms with Gasteiger partial charge in [0.05, 0.1) is 31.6 Å². The number of carbonyl (C=O) groups excluding carboxylic acids is 1. The van der Waals surface area contributed by atoms with Gasteiger partial charge in [-0.1, -0.05) is 12.1 Å². The van der Waals surface area contributed by atoms with E-state index in [2.05, 4.69) is 4.99 Å². The standard InChI is InChI=1S/C19H18N2O4/c1-12(22)21-15-7-5-4-6-14(15)19(23)16(21)11-20-13-8-9-17(24-2)18(10-13)25-3/h4-11,23H,1-3H3. The number of carbonyl (C=O) groups is 1. The molecule has 128 valence electrons. The Morgan fingerprint density at radius 2 is 1.84 bits per heavy atom. The van der Waals surface area contributed by atoms with Gasteiger partial charge in [0.25, 0.3) is 0 Å². The van der Waals surface area contributed by atoms with Crippen LogP contribution in [0.25, 0.3) is 10.9 Å². The lowest BCUT2D eigenvalue weighted by Crippen LogP contribution is -2.08. The molecule has 3 rings (SSSR count). The van der Waals surface area contributed by atoms with E-state index in [-0.39, 0.29) is 11.7 Å². The van der Waals surface area contributed by atoms with Crippen LogP contribution in [0.4, 0.5) is 5.69 Å². The summed E-state index contributed by atoms with van der Waals surface area (Å²) in [6, 6.07) is 12.4. The third kappa shape index (κ3) is 2.94. The van der Waals surface area contributed by atoms with Crippen molar-refractivity contribution in [2.45, 2.75) is 6.92 Å². The fourth-order valence-electron chi connectivity index (χ4n) is 2.74. The third-order valence-corrected chi connectivity index (χ3v) is 3.90. The number of hydrogen-bond donors (Lipinski definition) is 1. The summed E-state index contributed by atoms with van der Waals surface area (Å²) < 4.78 is 11.9. The van der Waals surface area contributed by atoms with Gasteiger partial charge < -0.3 is 14.6 Å². The monoisotopic (exact) mass is 338 g/mol. The fraction of sp³-hybridized carbons (Fsp3) is 0.158. The first-order chi connectivity index (χ1) is 12.1. The largest absolute Gasteiger partial charge is 0.505 e. The van der Waals surface area contributed by atoms with E-state index in [1.54, 1.807) is 44.6 Å². The smallest absolute Gasteiger partial charge is 0.228 e. The zero-order valence-electron chi connectivity index (χ0n) is 14.2. The van der Waals surface area contributed by atoms with Gasteiger partial charge in [-0.05, 0) is 24.3 Å². The lowest BCUT2D eigenvalue weighted by molar-refractivity contribution is 0.0940. The average Bonchev–Trinajstić information content (AvgIpc) is 2.92. The van der Waals surface area contributed by atoms with E-state index in [1.165, 1.54) is 17.7 Å². The Kier molecular flexibility index (Phi) is 4.43. The minimum Gasteiger partial charge on any atom is -0.505 e. The van der Waals surface area contributed by atoms with Crippen LogP contribution in [0, 0.1) is 0 Å². The van der Waals surface area contributed by atoms with E-state index >= 15 is 0 Å². The zero-order valence-corrected chi connectivity index (χ0v) is 14.2. The number of aromatic hydroxyl groups is 1. The molecular formula is C19H18N2O4. The van der Waals surface area contributed by atoms with Crippen LogP contribution in [0.2, 0.25) is 0 Å². The van der Waals surface area contributed by atoms with Gasteiger partial charge in [0.15, 0.2) is 17.2 Å². The molecule has 0 atom stereocenters. The molecule has 3 aromatic rings. The van der Waals surface area contributed by atoms with Crippen LogP contribution in [0.1, 0.15) is 17.4 Å². The van der Waals surface area contributed by atoms with Crippen LogP contribution in [-0.4, -0.2) is 36.0 Å². The molecule has 0 fully saturated rings. The molecule has 1 N–H and O–H groups in total. The van der Waals surface area contributed by atoms with Crippen molar-refractivity contribution in [1.82, 2.24) is 4.57 Å². The first kappa shape index (κ1) is 16.6. The highest BCUT2D eigenvalue weighted by molar-refractivity contribution is 6.04. The number of aromatic nitrogens is 1. The van der Waals surface area contributed by atoms with Crippen molar-refractivity contribution in [2.75, 3.05) is 14.2 Å². The molecule has 1 aromatic heterocycles. The van der Waals surface area contributed by atoms with Crippen molar-refractivity contribution in [3.8, 4) is 17.2 Å². The van der Waals surface area contributed by atoms with Crippen LogP contribution >= 0.6 is 0 Å². The number of aliphatic imine (C=N–C) groups is 1. The molecule has 6 nitrogen and oxygen atoms in total. The topological polar surface area (TPSA) is 73.0 Å². The van der Waals surface area contributed by atoms with Gasteiger partial charge in [0.1, 0.15) is 5.69 Å². The van der Waals surface area contributed by atoms with E-state index in [0.717, 1.165) is 0 Å². The second-order valence-corrected chi connectivity index (χ2v) is 5.40. The number of rotatable bonds is 4. The predicted octanol–water partition coefficient (Wildman–Crippen LogP) is 3.77. The number of hydrogen-bond acceptors (Lipinski definition) is 5. The van der Waals surface area contributed by atoms with Gasteiger partial charge in [0.2, 0.25) is 5.91 Å². The molecule has 6 heteroatoms. The fourth-order valence-corrected chi connectivity index (χ4v) is 2.74. The summed E-state index contributed by atoms with van der Waals surface area (Å²) in [6.07, 6.45) is 1.47. The van der Waals surface area contributed by atoms with Crippen LogP contribution in [-0.2, 0) is 0 Å². The summed E-state index contributed by atoms with van der Waals surface area (Å²) >= 11 is 0.